The molecule has 1 aromatic heterocycles. The fourth-order valence-electron chi connectivity index (χ4n) is 3.45. The molecule has 0 bridgehead atoms. The fraction of sp³-hybridized carbons (Fsp3) is 0.476. The maximum Gasteiger partial charge on any atom is 0.490 e. The van der Waals surface area contributed by atoms with E-state index in [1.165, 1.54) is 18.4 Å². The van der Waals surface area contributed by atoms with Crippen molar-refractivity contribution in [3.05, 3.63) is 53.3 Å². The van der Waals surface area contributed by atoms with Crippen molar-refractivity contribution in [2.24, 2.45) is 13.0 Å². The van der Waals surface area contributed by atoms with E-state index in [1.807, 2.05) is 53.2 Å². The van der Waals surface area contributed by atoms with Gasteiger partial charge in [0.1, 0.15) is 0 Å². The van der Waals surface area contributed by atoms with Gasteiger partial charge in [-0.15, -0.1) is 0 Å². The number of rotatable bonds is 5. The average Bonchev–Trinajstić information content (AvgIpc) is 3.49. The number of carboxylic acid groups (broad SMARTS) is 1. The second-order valence-corrected chi connectivity index (χ2v) is 7.59. The molecule has 4 rings (SSSR count). The van der Waals surface area contributed by atoms with Crippen LogP contribution in [0.1, 0.15) is 40.5 Å². The van der Waals surface area contributed by atoms with Crippen molar-refractivity contribution in [3.8, 4) is 0 Å². The van der Waals surface area contributed by atoms with E-state index < -0.39 is 12.1 Å². The van der Waals surface area contributed by atoms with Crippen LogP contribution >= 0.6 is 0 Å². The monoisotopic (exact) mass is 439 g/mol. The van der Waals surface area contributed by atoms with Gasteiger partial charge in [-0.25, -0.2) is 4.79 Å². The molecule has 1 saturated carbocycles. The first kappa shape index (κ1) is 22.8. The van der Waals surface area contributed by atoms with E-state index >= 15 is 0 Å². The van der Waals surface area contributed by atoms with Gasteiger partial charge in [0.15, 0.2) is 0 Å². The minimum atomic E-state index is -5.08. The summed E-state index contributed by atoms with van der Waals surface area (Å²) < 4.78 is 39.6. The summed E-state index contributed by atoms with van der Waals surface area (Å²) in [5.41, 5.74) is 3.08. The first-order valence-corrected chi connectivity index (χ1v) is 9.93. The van der Waals surface area contributed by atoms with E-state index in [4.69, 9.17) is 14.6 Å². The standard InChI is InChI=1S/C19H23N3O2.C2HF3O2/c1-21-18-16(11-20-21)9-10-22(17(18)13-24-12-14-7-8-14)19(23)15-5-3-2-4-6-15;3-2(4,5)1(6)7/h2-6,11,14,17H,7-10,12-13H2,1H3;(H,6,7). The van der Waals surface area contributed by atoms with Crippen LogP contribution < -0.4 is 0 Å². The van der Waals surface area contributed by atoms with Crippen molar-refractivity contribution in [3.63, 3.8) is 0 Å². The van der Waals surface area contributed by atoms with Gasteiger partial charge in [0.2, 0.25) is 0 Å². The Hall–Kier alpha value is -2.88. The number of nitrogens with zero attached hydrogens (tertiary/aromatic N) is 3. The summed E-state index contributed by atoms with van der Waals surface area (Å²) in [6.45, 7) is 2.06. The predicted octanol–water partition coefficient (Wildman–Crippen LogP) is 3.22. The number of fused-ring (bicyclic) bond motifs is 1. The second-order valence-electron chi connectivity index (χ2n) is 7.59. The summed E-state index contributed by atoms with van der Waals surface area (Å²) in [7, 11) is 1.95. The summed E-state index contributed by atoms with van der Waals surface area (Å²) in [6.07, 6.45) is 0.233. The summed E-state index contributed by atoms with van der Waals surface area (Å²) in [6, 6.07) is 9.44. The van der Waals surface area contributed by atoms with Crippen LogP contribution in [0, 0.1) is 5.92 Å². The van der Waals surface area contributed by atoms with E-state index in [9.17, 15) is 18.0 Å². The topological polar surface area (TPSA) is 84.7 Å². The molecule has 1 aromatic carbocycles. The van der Waals surface area contributed by atoms with E-state index in [0.29, 0.717) is 13.2 Å². The number of aryl methyl sites for hydroxylation is 1. The number of carboxylic acids is 1. The van der Waals surface area contributed by atoms with Crippen molar-refractivity contribution in [2.45, 2.75) is 31.5 Å². The molecule has 0 saturated heterocycles. The molecule has 1 N–H and O–H groups in total. The minimum absolute atomic E-state index is 0.0623. The summed E-state index contributed by atoms with van der Waals surface area (Å²) in [5.74, 6) is -1.96. The predicted molar refractivity (Wildman–Crippen MR) is 104 cm³/mol. The lowest BCUT2D eigenvalue weighted by molar-refractivity contribution is -0.192. The first-order valence-electron chi connectivity index (χ1n) is 9.93. The number of alkyl halides is 3. The Balaban J connectivity index is 0.000000339. The zero-order chi connectivity index (χ0) is 22.6. The Labute approximate surface area is 177 Å². The Morgan fingerprint density at radius 2 is 1.84 bits per heavy atom. The fourth-order valence-corrected chi connectivity index (χ4v) is 3.45. The van der Waals surface area contributed by atoms with Crippen molar-refractivity contribution < 1.29 is 32.6 Å². The molecule has 2 heterocycles. The Bertz CT molecular complexity index is 910. The number of carbonyl (C=O) groups excluding carboxylic acids is 1. The average molecular weight is 439 g/mol. The molecule has 10 heteroatoms. The number of halogens is 3. The molecule has 0 radical (unpaired) electrons. The highest BCUT2D eigenvalue weighted by molar-refractivity contribution is 5.94. The molecular formula is C21H24F3N3O4. The SMILES string of the molecule is Cn1ncc2c1C(COCC1CC1)N(C(=O)c1ccccc1)CC2.O=C(O)C(F)(F)F. The van der Waals surface area contributed by atoms with E-state index in [0.717, 1.165) is 30.2 Å². The van der Waals surface area contributed by atoms with Gasteiger partial charge in [0.25, 0.3) is 5.91 Å². The van der Waals surface area contributed by atoms with E-state index in [1.54, 1.807) is 0 Å². The van der Waals surface area contributed by atoms with Crippen LogP contribution in [0.5, 0.6) is 0 Å². The van der Waals surface area contributed by atoms with E-state index in [2.05, 4.69) is 5.10 Å². The smallest absolute Gasteiger partial charge is 0.475 e. The van der Waals surface area contributed by atoms with Crippen LogP contribution in [-0.4, -0.2) is 57.6 Å². The second kappa shape index (κ2) is 9.51. The normalized spacial score (nSPS) is 18.1. The Morgan fingerprint density at radius 3 is 2.42 bits per heavy atom. The molecule has 1 aliphatic carbocycles. The number of hydrogen-bond acceptors (Lipinski definition) is 4. The molecule has 1 aliphatic heterocycles. The van der Waals surface area contributed by atoms with Crippen LogP contribution in [0.2, 0.25) is 0 Å². The van der Waals surface area contributed by atoms with Gasteiger partial charge in [-0.2, -0.15) is 18.3 Å². The third-order valence-electron chi connectivity index (χ3n) is 5.23. The quantitative estimate of drug-likeness (QED) is 0.774. The van der Waals surface area contributed by atoms with Crippen LogP contribution in [0.4, 0.5) is 13.2 Å². The zero-order valence-corrected chi connectivity index (χ0v) is 17.0. The number of carbonyl (C=O) groups is 2. The molecule has 7 nitrogen and oxygen atoms in total. The highest BCUT2D eigenvalue weighted by Crippen LogP contribution is 2.33. The number of amides is 1. The number of aromatic nitrogens is 2. The van der Waals surface area contributed by atoms with Gasteiger partial charge in [-0.1, -0.05) is 18.2 Å². The molecule has 168 valence electrons. The molecule has 1 unspecified atom stereocenters. The van der Waals surface area contributed by atoms with Crippen molar-refractivity contribution in [1.29, 1.82) is 0 Å². The number of ether oxygens (including phenoxy) is 1. The summed E-state index contributed by atoms with van der Waals surface area (Å²) >= 11 is 0. The Kier molecular flexibility index (Phi) is 6.99. The lowest BCUT2D eigenvalue weighted by Crippen LogP contribution is -2.42. The Morgan fingerprint density at radius 1 is 1.19 bits per heavy atom. The van der Waals surface area contributed by atoms with Gasteiger partial charge in [-0.05, 0) is 42.9 Å². The molecule has 2 aromatic rings. The highest BCUT2D eigenvalue weighted by Gasteiger charge is 2.38. The maximum atomic E-state index is 13.0. The number of benzene rings is 1. The lowest BCUT2D eigenvalue weighted by atomic mass is 9.99. The van der Waals surface area contributed by atoms with Crippen LogP contribution in [0.25, 0.3) is 0 Å². The van der Waals surface area contributed by atoms with Crippen molar-refractivity contribution in [1.82, 2.24) is 14.7 Å². The summed E-state index contributed by atoms with van der Waals surface area (Å²) in [5, 5.41) is 11.5. The van der Waals surface area contributed by atoms with Crippen molar-refractivity contribution >= 4 is 11.9 Å². The lowest BCUT2D eigenvalue weighted by Gasteiger charge is -2.36. The number of aliphatic carboxylic acids is 1. The van der Waals surface area contributed by atoms with Crippen molar-refractivity contribution in [2.75, 3.05) is 19.8 Å². The largest absolute Gasteiger partial charge is 0.490 e. The molecule has 1 fully saturated rings. The molecule has 1 amide bonds. The minimum Gasteiger partial charge on any atom is -0.475 e. The third-order valence-corrected chi connectivity index (χ3v) is 5.23. The molecule has 0 spiro atoms. The first-order chi connectivity index (χ1) is 14.7. The maximum absolute atomic E-state index is 13.0. The van der Waals surface area contributed by atoms with Gasteiger partial charge in [-0.3, -0.25) is 9.48 Å². The van der Waals surface area contributed by atoms with Crippen LogP contribution in [0.3, 0.4) is 0 Å². The van der Waals surface area contributed by atoms with Crippen LogP contribution in [-0.2, 0) is 23.0 Å². The third kappa shape index (κ3) is 5.84. The van der Waals surface area contributed by atoms with Crippen LogP contribution in [0.15, 0.2) is 36.5 Å². The molecule has 1 atom stereocenters. The molecular weight excluding hydrogens is 415 g/mol. The van der Waals surface area contributed by atoms with Gasteiger partial charge in [0, 0.05) is 25.8 Å². The molecule has 31 heavy (non-hydrogen) atoms. The summed E-state index contributed by atoms with van der Waals surface area (Å²) in [4.78, 5) is 23.8. The van der Waals surface area contributed by atoms with E-state index in [-0.39, 0.29) is 11.9 Å². The number of hydrogen-bond donors (Lipinski definition) is 1. The van der Waals surface area contributed by atoms with Gasteiger partial charge < -0.3 is 14.7 Å². The zero-order valence-electron chi connectivity index (χ0n) is 17.0. The molecule has 2 aliphatic rings. The van der Waals surface area contributed by atoms with Gasteiger partial charge >= 0.3 is 12.1 Å². The van der Waals surface area contributed by atoms with Gasteiger partial charge in [0.05, 0.1) is 24.5 Å². The highest BCUT2D eigenvalue weighted by atomic mass is 19.4.